The van der Waals surface area contributed by atoms with Crippen molar-refractivity contribution in [2.45, 2.75) is 39.3 Å². The molecule has 5 heteroatoms. The maximum atomic E-state index is 5.96. The molecule has 3 aromatic rings. The molecule has 1 atom stereocenters. The molecule has 0 saturated heterocycles. The van der Waals surface area contributed by atoms with Gasteiger partial charge in [0.1, 0.15) is 5.75 Å². The Morgan fingerprint density at radius 1 is 1.29 bits per heavy atom. The molecular formula is C19H23N3OS. The molecule has 2 N–H and O–H groups in total. The molecule has 3 rings (SSSR count). The largest absolute Gasteiger partial charge is 0.491 e. The van der Waals surface area contributed by atoms with Crippen molar-refractivity contribution in [3.8, 4) is 16.3 Å². The van der Waals surface area contributed by atoms with Crippen LogP contribution in [0.3, 0.4) is 0 Å². The number of anilines is 1. The molecule has 4 nitrogen and oxygen atoms in total. The van der Waals surface area contributed by atoms with E-state index >= 15 is 0 Å². The zero-order chi connectivity index (χ0) is 16.8. The van der Waals surface area contributed by atoms with Gasteiger partial charge in [-0.3, -0.25) is 5.10 Å². The Bertz CT molecular complexity index is 752. The second-order valence-corrected chi connectivity index (χ2v) is 6.79. The van der Waals surface area contributed by atoms with E-state index in [0.717, 1.165) is 42.1 Å². The van der Waals surface area contributed by atoms with E-state index in [2.05, 4.69) is 59.0 Å². The third kappa shape index (κ3) is 4.17. The van der Waals surface area contributed by atoms with Crippen LogP contribution in [-0.4, -0.2) is 16.3 Å². The van der Waals surface area contributed by atoms with Gasteiger partial charge in [0, 0.05) is 23.9 Å². The molecule has 0 aliphatic rings. The number of hydrogen-bond acceptors (Lipinski definition) is 4. The van der Waals surface area contributed by atoms with Gasteiger partial charge in [-0.15, -0.1) is 11.3 Å². The van der Waals surface area contributed by atoms with Gasteiger partial charge in [-0.25, -0.2) is 0 Å². The Labute approximate surface area is 146 Å². The molecule has 0 saturated carbocycles. The first-order valence-corrected chi connectivity index (χ1v) is 9.21. The third-order valence-corrected chi connectivity index (χ3v) is 4.72. The maximum absolute atomic E-state index is 5.96. The van der Waals surface area contributed by atoms with Crippen molar-refractivity contribution in [2.24, 2.45) is 0 Å². The zero-order valence-corrected chi connectivity index (χ0v) is 14.9. The van der Waals surface area contributed by atoms with E-state index in [9.17, 15) is 0 Å². The number of benzene rings is 1. The Hall–Kier alpha value is -2.27. The standard InChI is InChI=1S/C19H23N3OS/c1-3-6-14(2)23-17-8-4-7-16(11-17)20-12-15-13-21-22-19(15)18-9-5-10-24-18/h4-5,7-11,13-14,20H,3,6,12H2,1-2H3,(H,21,22). The topological polar surface area (TPSA) is 49.9 Å². The van der Waals surface area contributed by atoms with Gasteiger partial charge in [0.05, 0.1) is 22.9 Å². The quantitative estimate of drug-likeness (QED) is 0.583. The van der Waals surface area contributed by atoms with E-state index in [0.29, 0.717) is 0 Å². The molecule has 2 aromatic heterocycles. The van der Waals surface area contributed by atoms with E-state index < -0.39 is 0 Å². The van der Waals surface area contributed by atoms with Crippen molar-refractivity contribution in [3.63, 3.8) is 0 Å². The predicted octanol–water partition coefficient (Wildman–Crippen LogP) is 5.32. The van der Waals surface area contributed by atoms with Crippen LogP contribution in [-0.2, 0) is 6.54 Å². The number of nitrogens with zero attached hydrogens (tertiary/aromatic N) is 1. The van der Waals surface area contributed by atoms with Crippen LogP contribution in [0.2, 0.25) is 0 Å². The summed E-state index contributed by atoms with van der Waals surface area (Å²) >= 11 is 1.71. The second-order valence-electron chi connectivity index (χ2n) is 5.85. The van der Waals surface area contributed by atoms with E-state index in [-0.39, 0.29) is 6.10 Å². The van der Waals surface area contributed by atoms with E-state index in [1.165, 1.54) is 4.88 Å². The van der Waals surface area contributed by atoms with Gasteiger partial charge >= 0.3 is 0 Å². The molecule has 126 valence electrons. The highest BCUT2D eigenvalue weighted by Gasteiger charge is 2.09. The first-order valence-electron chi connectivity index (χ1n) is 8.33. The average molecular weight is 341 g/mol. The van der Waals surface area contributed by atoms with Crippen molar-refractivity contribution >= 4 is 17.0 Å². The molecule has 0 amide bonds. The van der Waals surface area contributed by atoms with Gasteiger partial charge in [-0.05, 0) is 36.9 Å². The monoisotopic (exact) mass is 341 g/mol. The highest BCUT2D eigenvalue weighted by Crippen LogP contribution is 2.27. The number of nitrogens with one attached hydrogen (secondary N) is 2. The molecule has 0 spiro atoms. The molecule has 0 aliphatic carbocycles. The van der Waals surface area contributed by atoms with Crippen LogP contribution >= 0.6 is 11.3 Å². The van der Waals surface area contributed by atoms with Crippen molar-refractivity contribution in [2.75, 3.05) is 5.32 Å². The average Bonchev–Trinajstić information content (AvgIpc) is 3.24. The fourth-order valence-corrected chi connectivity index (χ4v) is 3.41. The molecule has 0 aliphatic heterocycles. The summed E-state index contributed by atoms with van der Waals surface area (Å²) in [6.45, 7) is 5.01. The fraction of sp³-hybridized carbons (Fsp3) is 0.316. The highest BCUT2D eigenvalue weighted by atomic mass is 32.1. The number of hydrogen-bond donors (Lipinski definition) is 2. The number of H-pyrrole nitrogens is 1. The first kappa shape index (κ1) is 16.6. The second kappa shape index (κ2) is 8.02. The normalized spacial score (nSPS) is 12.1. The van der Waals surface area contributed by atoms with Gasteiger partial charge in [0.2, 0.25) is 0 Å². The zero-order valence-electron chi connectivity index (χ0n) is 14.1. The molecule has 1 aromatic carbocycles. The van der Waals surface area contributed by atoms with Gasteiger partial charge in [0.25, 0.3) is 0 Å². The SMILES string of the molecule is CCCC(C)Oc1cccc(NCc2cn[nH]c2-c2cccs2)c1. The molecule has 0 fully saturated rings. The summed E-state index contributed by atoms with van der Waals surface area (Å²) in [6.07, 6.45) is 4.32. The van der Waals surface area contributed by atoms with Crippen LogP contribution in [0.5, 0.6) is 5.75 Å². The van der Waals surface area contributed by atoms with Gasteiger partial charge in [0.15, 0.2) is 0 Å². The molecule has 0 bridgehead atoms. The van der Waals surface area contributed by atoms with E-state index in [4.69, 9.17) is 4.74 Å². The minimum atomic E-state index is 0.240. The third-order valence-electron chi connectivity index (χ3n) is 3.83. The summed E-state index contributed by atoms with van der Waals surface area (Å²) in [5.41, 5.74) is 3.29. The minimum absolute atomic E-state index is 0.240. The smallest absolute Gasteiger partial charge is 0.121 e. The summed E-state index contributed by atoms with van der Waals surface area (Å²) < 4.78 is 5.96. The molecular weight excluding hydrogens is 318 g/mol. The van der Waals surface area contributed by atoms with Crippen LogP contribution in [0.25, 0.3) is 10.6 Å². The summed E-state index contributed by atoms with van der Waals surface area (Å²) in [7, 11) is 0. The Kier molecular flexibility index (Phi) is 5.54. The summed E-state index contributed by atoms with van der Waals surface area (Å²) in [6, 6.07) is 12.3. The molecule has 1 unspecified atom stereocenters. The van der Waals surface area contributed by atoms with Crippen LogP contribution in [0.4, 0.5) is 5.69 Å². The van der Waals surface area contributed by atoms with Gasteiger partial charge in [-0.1, -0.05) is 25.5 Å². The lowest BCUT2D eigenvalue weighted by molar-refractivity contribution is 0.210. The van der Waals surface area contributed by atoms with Crippen molar-refractivity contribution < 1.29 is 4.74 Å². The van der Waals surface area contributed by atoms with Crippen molar-refractivity contribution in [3.05, 3.63) is 53.5 Å². The van der Waals surface area contributed by atoms with Gasteiger partial charge in [-0.2, -0.15) is 5.10 Å². The Morgan fingerprint density at radius 2 is 2.21 bits per heavy atom. The Morgan fingerprint density at radius 3 is 3.00 bits per heavy atom. The van der Waals surface area contributed by atoms with Crippen LogP contribution in [0.1, 0.15) is 32.3 Å². The lowest BCUT2D eigenvalue weighted by Gasteiger charge is -2.15. The number of aromatic nitrogens is 2. The summed E-state index contributed by atoms with van der Waals surface area (Å²) in [5, 5.41) is 12.8. The van der Waals surface area contributed by atoms with Crippen LogP contribution in [0.15, 0.2) is 48.0 Å². The predicted molar refractivity (Wildman–Crippen MR) is 101 cm³/mol. The number of thiophene rings is 1. The van der Waals surface area contributed by atoms with Crippen LogP contribution in [0, 0.1) is 0 Å². The number of ether oxygens (including phenoxy) is 1. The van der Waals surface area contributed by atoms with Crippen molar-refractivity contribution in [1.82, 2.24) is 10.2 Å². The molecule has 24 heavy (non-hydrogen) atoms. The molecule has 2 heterocycles. The lowest BCUT2D eigenvalue weighted by Crippen LogP contribution is -2.11. The summed E-state index contributed by atoms with van der Waals surface area (Å²) in [5.74, 6) is 0.909. The summed E-state index contributed by atoms with van der Waals surface area (Å²) in [4.78, 5) is 1.20. The first-order chi connectivity index (χ1) is 11.8. The highest BCUT2D eigenvalue weighted by molar-refractivity contribution is 7.13. The van der Waals surface area contributed by atoms with Gasteiger partial charge < -0.3 is 10.1 Å². The lowest BCUT2D eigenvalue weighted by atomic mass is 10.2. The molecule has 0 radical (unpaired) electrons. The van der Waals surface area contributed by atoms with Crippen molar-refractivity contribution in [1.29, 1.82) is 0 Å². The fourth-order valence-electron chi connectivity index (χ4n) is 2.65. The minimum Gasteiger partial charge on any atom is -0.491 e. The van der Waals surface area contributed by atoms with Crippen LogP contribution < -0.4 is 10.1 Å². The Balaban J connectivity index is 1.64. The van der Waals surface area contributed by atoms with E-state index in [1.54, 1.807) is 11.3 Å². The maximum Gasteiger partial charge on any atom is 0.121 e. The number of rotatable bonds is 8. The van der Waals surface area contributed by atoms with E-state index in [1.807, 2.05) is 18.3 Å². The number of aromatic amines is 1.